The van der Waals surface area contributed by atoms with Crippen LogP contribution in [0.15, 0.2) is 35.6 Å². The largest absolute Gasteiger partial charge is 0.493 e. The molecule has 5 nitrogen and oxygen atoms in total. The van der Waals surface area contributed by atoms with Gasteiger partial charge in [-0.15, -0.1) is 0 Å². The second-order valence-electron chi connectivity index (χ2n) is 5.70. The van der Waals surface area contributed by atoms with Crippen molar-refractivity contribution in [1.29, 1.82) is 0 Å². The van der Waals surface area contributed by atoms with Crippen molar-refractivity contribution in [3.05, 3.63) is 52.2 Å². The summed E-state index contributed by atoms with van der Waals surface area (Å²) in [5.74, 6) is 1.96. The lowest BCUT2D eigenvalue weighted by atomic mass is 9.83. The van der Waals surface area contributed by atoms with E-state index in [1.54, 1.807) is 33.5 Å². The van der Waals surface area contributed by atoms with E-state index in [-0.39, 0.29) is 11.2 Å². The molecule has 0 amide bonds. The van der Waals surface area contributed by atoms with Crippen LogP contribution >= 0.6 is 0 Å². The fraction of sp³-hybridized carbons (Fsp3) is 0.318. The monoisotopic (exact) mass is 370 g/mol. The van der Waals surface area contributed by atoms with Crippen LogP contribution in [-0.4, -0.2) is 28.4 Å². The van der Waals surface area contributed by atoms with Gasteiger partial charge in [-0.1, -0.05) is 20.4 Å². The highest BCUT2D eigenvalue weighted by atomic mass is 16.5. The number of ether oxygens (including phenoxy) is 4. The molecule has 1 aliphatic carbocycles. The SMILES string of the molecule is C=C1Cc2cc(OC)c(OC)c(OC)c2-c2ccc(OC)c(=O)cc21.CC. The minimum absolute atomic E-state index is 0.187. The minimum atomic E-state index is -0.187. The summed E-state index contributed by atoms with van der Waals surface area (Å²) in [5, 5.41) is 0. The minimum Gasteiger partial charge on any atom is -0.493 e. The maximum atomic E-state index is 12.3. The topological polar surface area (TPSA) is 54.0 Å². The van der Waals surface area contributed by atoms with Gasteiger partial charge < -0.3 is 18.9 Å². The Morgan fingerprint density at radius 3 is 2.00 bits per heavy atom. The zero-order chi connectivity index (χ0) is 20.1. The Hall–Kier alpha value is -2.95. The van der Waals surface area contributed by atoms with Crippen molar-refractivity contribution in [2.75, 3.05) is 28.4 Å². The fourth-order valence-electron chi connectivity index (χ4n) is 3.26. The van der Waals surface area contributed by atoms with Crippen molar-refractivity contribution in [1.82, 2.24) is 0 Å². The van der Waals surface area contributed by atoms with Gasteiger partial charge in [0, 0.05) is 5.56 Å². The molecule has 0 spiro atoms. The molecule has 3 rings (SSSR count). The Kier molecular flexibility index (Phi) is 6.50. The molecule has 0 heterocycles. The van der Waals surface area contributed by atoms with Crippen molar-refractivity contribution < 1.29 is 18.9 Å². The Morgan fingerprint density at radius 1 is 0.815 bits per heavy atom. The molecule has 0 saturated heterocycles. The Labute approximate surface area is 160 Å². The van der Waals surface area contributed by atoms with E-state index in [9.17, 15) is 4.79 Å². The van der Waals surface area contributed by atoms with Crippen molar-refractivity contribution in [2.45, 2.75) is 20.3 Å². The van der Waals surface area contributed by atoms with E-state index in [0.29, 0.717) is 23.7 Å². The van der Waals surface area contributed by atoms with Crippen LogP contribution in [0.3, 0.4) is 0 Å². The molecule has 0 radical (unpaired) electrons. The van der Waals surface area contributed by atoms with Crippen LogP contribution in [0.4, 0.5) is 0 Å². The molecule has 0 aliphatic heterocycles. The van der Waals surface area contributed by atoms with E-state index < -0.39 is 0 Å². The summed E-state index contributed by atoms with van der Waals surface area (Å²) in [6.07, 6.45) is 0.588. The van der Waals surface area contributed by atoms with E-state index >= 15 is 0 Å². The molecule has 2 aromatic carbocycles. The summed E-state index contributed by atoms with van der Waals surface area (Å²) in [4.78, 5) is 12.3. The maximum absolute atomic E-state index is 12.3. The van der Waals surface area contributed by atoms with Crippen LogP contribution < -0.4 is 24.4 Å². The highest BCUT2D eigenvalue weighted by molar-refractivity contribution is 5.92. The van der Waals surface area contributed by atoms with E-state index in [0.717, 1.165) is 27.8 Å². The van der Waals surface area contributed by atoms with Gasteiger partial charge in [-0.3, -0.25) is 4.79 Å². The smallest absolute Gasteiger partial charge is 0.220 e. The highest BCUT2D eigenvalue weighted by Crippen LogP contribution is 2.51. The molecule has 0 N–H and O–H groups in total. The number of allylic oxidation sites excluding steroid dienone is 1. The first-order valence-electron chi connectivity index (χ1n) is 8.78. The average molecular weight is 370 g/mol. The van der Waals surface area contributed by atoms with Crippen LogP contribution in [0.1, 0.15) is 25.0 Å². The van der Waals surface area contributed by atoms with Gasteiger partial charge >= 0.3 is 0 Å². The normalized spacial score (nSPS) is 11.4. The number of hydrogen-bond acceptors (Lipinski definition) is 5. The van der Waals surface area contributed by atoms with Gasteiger partial charge in [0.2, 0.25) is 11.2 Å². The summed E-state index contributed by atoms with van der Waals surface area (Å²) in [6, 6.07) is 7.01. The van der Waals surface area contributed by atoms with Crippen molar-refractivity contribution in [2.24, 2.45) is 0 Å². The number of fused-ring (bicyclic) bond motifs is 3. The first-order valence-corrected chi connectivity index (χ1v) is 8.78. The molecule has 0 saturated carbocycles. The lowest BCUT2D eigenvalue weighted by Crippen LogP contribution is -2.07. The van der Waals surface area contributed by atoms with Crippen LogP contribution in [0.25, 0.3) is 16.7 Å². The van der Waals surface area contributed by atoms with Gasteiger partial charge in [0.15, 0.2) is 17.2 Å². The zero-order valence-electron chi connectivity index (χ0n) is 16.8. The van der Waals surface area contributed by atoms with Crippen LogP contribution in [0, 0.1) is 0 Å². The summed E-state index contributed by atoms with van der Waals surface area (Å²) in [7, 11) is 6.22. The van der Waals surface area contributed by atoms with Crippen molar-refractivity contribution in [3.63, 3.8) is 0 Å². The van der Waals surface area contributed by atoms with Gasteiger partial charge in [0.1, 0.15) is 0 Å². The quantitative estimate of drug-likeness (QED) is 0.801. The van der Waals surface area contributed by atoms with Crippen molar-refractivity contribution in [3.8, 4) is 34.1 Å². The van der Waals surface area contributed by atoms with Crippen LogP contribution in [0.2, 0.25) is 0 Å². The predicted octanol–water partition coefficient (Wildman–Crippen LogP) is 4.34. The molecule has 27 heavy (non-hydrogen) atoms. The molecule has 0 bridgehead atoms. The molecule has 144 valence electrons. The number of rotatable bonds is 4. The Morgan fingerprint density at radius 2 is 1.44 bits per heavy atom. The molecular formula is C22H26O5. The number of hydrogen-bond donors (Lipinski definition) is 0. The summed E-state index contributed by atoms with van der Waals surface area (Å²) < 4.78 is 21.7. The van der Waals surface area contributed by atoms with Crippen LogP contribution in [0.5, 0.6) is 23.0 Å². The molecule has 0 unspecified atom stereocenters. The third kappa shape index (κ3) is 3.50. The van der Waals surface area contributed by atoms with Gasteiger partial charge in [0.05, 0.1) is 28.4 Å². The standard InChI is InChI=1S/C20H20O5.C2H6/c1-11-8-12-9-17(23-3)19(24-4)20(25-5)18(12)13-6-7-16(22-2)15(21)10-14(11)13;1-2/h6-7,9-10H,1,8H2,2-5H3;1-2H3. The third-order valence-electron chi connectivity index (χ3n) is 4.40. The predicted molar refractivity (Wildman–Crippen MR) is 108 cm³/mol. The lowest BCUT2D eigenvalue weighted by Gasteiger charge is -2.25. The Balaban J connectivity index is 0.00000126. The van der Waals surface area contributed by atoms with Crippen molar-refractivity contribution >= 4 is 5.57 Å². The highest BCUT2D eigenvalue weighted by Gasteiger charge is 2.27. The van der Waals surface area contributed by atoms with E-state index in [1.165, 1.54) is 7.11 Å². The number of benzene rings is 1. The van der Waals surface area contributed by atoms with Gasteiger partial charge in [0.25, 0.3) is 0 Å². The third-order valence-corrected chi connectivity index (χ3v) is 4.40. The van der Waals surface area contributed by atoms with Gasteiger partial charge in [-0.25, -0.2) is 0 Å². The van der Waals surface area contributed by atoms with Crippen LogP contribution in [-0.2, 0) is 6.42 Å². The second-order valence-corrected chi connectivity index (χ2v) is 5.70. The molecule has 0 fully saturated rings. The fourth-order valence-corrected chi connectivity index (χ4v) is 3.26. The zero-order valence-corrected chi connectivity index (χ0v) is 16.8. The molecule has 2 aromatic rings. The summed E-state index contributed by atoms with van der Waals surface area (Å²) in [6.45, 7) is 8.14. The molecule has 0 atom stereocenters. The summed E-state index contributed by atoms with van der Waals surface area (Å²) >= 11 is 0. The molecule has 1 aliphatic rings. The molecular weight excluding hydrogens is 344 g/mol. The first kappa shape index (κ1) is 20.4. The van der Waals surface area contributed by atoms with E-state index in [2.05, 4.69) is 6.58 Å². The van der Waals surface area contributed by atoms with E-state index in [1.807, 2.05) is 26.0 Å². The maximum Gasteiger partial charge on any atom is 0.220 e. The number of methoxy groups -OCH3 is 4. The average Bonchev–Trinajstić information content (AvgIpc) is 2.86. The van der Waals surface area contributed by atoms with E-state index in [4.69, 9.17) is 18.9 Å². The van der Waals surface area contributed by atoms with Gasteiger partial charge in [-0.05, 0) is 52.9 Å². The Bertz CT molecular complexity index is 915. The first-order chi connectivity index (χ1) is 13.0. The molecule has 0 aromatic heterocycles. The lowest BCUT2D eigenvalue weighted by molar-refractivity contribution is 0.324. The van der Waals surface area contributed by atoms with Gasteiger partial charge in [-0.2, -0.15) is 0 Å². The second kappa shape index (κ2) is 8.62. The molecule has 5 heteroatoms. The summed E-state index contributed by atoms with van der Waals surface area (Å²) in [5.41, 5.74) is 4.18.